The number of phenolic OH excluding ortho intramolecular Hbond substituents is 1. The van der Waals surface area contributed by atoms with Gasteiger partial charge in [-0.3, -0.25) is 4.79 Å². The third-order valence-corrected chi connectivity index (χ3v) is 3.87. The Bertz CT molecular complexity index is 1020. The van der Waals surface area contributed by atoms with E-state index in [0.29, 0.717) is 11.3 Å². The van der Waals surface area contributed by atoms with E-state index in [1.165, 1.54) is 24.3 Å². The Morgan fingerprint density at radius 1 is 0.750 bits per heavy atom. The minimum atomic E-state index is -0.481. The lowest BCUT2D eigenvalue weighted by Crippen LogP contribution is -2.03. The maximum Gasteiger partial charge on any atom is 0.336 e. The molecule has 0 fully saturated rings. The van der Waals surface area contributed by atoms with Gasteiger partial charge in [0.2, 0.25) is 0 Å². The Balaban J connectivity index is 1.63. The van der Waals surface area contributed by atoms with Gasteiger partial charge in [0, 0.05) is 11.6 Å². The first kappa shape index (κ1) is 18.9. The number of benzene rings is 3. The van der Waals surface area contributed by atoms with Crippen LogP contribution in [0.5, 0.6) is 11.5 Å². The molecule has 0 saturated carbocycles. The van der Waals surface area contributed by atoms with E-state index in [9.17, 15) is 14.7 Å². The number of ether oxygens (including phenoxy) is 1. The van der Waals surface area contributed by atoms with Gasteiger partial charge in [-0.1, -0.05) is 48.5 Å². The molecule has 3 rings (SSSR count). The third kappa shape index (κ3) is 5.54. The summed E-state index contributed by atoms with van der Waals surface area (Å²) in [4.78, 5) is 24.1. The summed E-state index contributed by atoms with van der Waals surface area (Å²) >= 11 is 0. The summed E-state index contributed by atoms with van der Waals surface area (Å²) in [5.41, 5.74) is 2.11. The van der Waals surface area contributed by atoms with Gasteiger partial charge < -0.3 is 9.84 Å². The molecule has 138 valence electrons. The van der Waals surface area contributed by atoms with Gasteiger partial charge in [-0.2, -0.15) is 0 Å². The van der Waals surface area contributed by atoms with Crippen LogP contribution < -0.4 is 4.74 Å². The number of esters is 1. The van der Waals surface area contributed by atoms with E-state index < -0.39 is 5.97 Å². The second-order valence-corrected chi connectivity index (χ2v) is 5.98. The fraction of sp³-hybridized carbons (Fsp3) is 0. The Labute approximate surface area is 163 Å². The van der Waals surface area contributed by atoms with Crippen LogP contribution in [0.15, 0.2) is 91.0 Å². The van der Waals surface area contributed by atoms with E-state index in [4.69, 9.17) is 4.74 Å². The number of aromatic hydroxyl groups is 1. The Hall–Kier alpha value is -3.92. The molecule has 0 saturated heterocycles. The average molecular weight is 370 g/mol. The predicted octanol–water partition coefficient (Wildman–Crippen LogP) is 4.91. The molecule has 0 spiro atoms. The van der Waals surface area contributed by atoms with E-state index in [1.807, 2.05) is 30.3 Å². The molecular formula is C24H18O4. The molecule has 0 bridgehead atoms. The molecule has 4 nitrogen and oxygen atoms in total. The van der Waals surface area contributed by atoms with E-state index in [2.05, 4.69) is 0 Å². The van der Waals surface area contributed by atoms with Crippen molar-refractivity contribution in [3.63, 3.8) is 0 Å². The quantitative estimate of drug-likeness (QED) is 0.290. The van der Waals surface area contributed by atoms with Crippen molar-refractivity contribution in [2.24, 2.45) is 0 Å². The van der Waals surface area contributed by atoms with Crippen LogP contribution in [0.4, 0.5) is 0 Å². The van der Waals surface area contributed by atoms with Gasteiger partial charge in [0.25, 0.3) is 0 Å². The Kier molecular flexibility index (Phi) is 6.16. The van der Waals surface area contributed by atoms with E-state index in [0.717, 1.165) is 11.1 Å². The molecule has 0 radical (unpaired) electrons. The number of carbonyl (C=O) groups is 2. The van der Waals surface area contributed by atoms with Gasteiger partial charge in [0.1, 0.15) is 11.5 Å². The summed E-state index contributed by atoms with van der Waals surface area (Å²) in [6.45, 7) is 0. The fourth-order valence-electron chi connectivity index (χ4n) is 2.45. The number of ketones is 1. The van der Waals surface area contributed by atoms with Crippen molar-refractivity contribution in [3.8, 4) is 11.5 Å². The zero-order valence-corrected chi connectivity index (χ0v) is 15.0. The van der Waals surface area contributed by atoms with Crippen LogP contribution in [0.25, 0.3) is 12.2 Å². The van der Waals surface area contributed by atoms with Crippen LogP contribution in [0.3, 0.4) is 0 Å². The molecule has 3 aromatic rings. The molecule has 0 aliphatic heterocycles. The zero-order chi connectivity index (χ0) is 19.8. The zero-order valence-electron chi connectivity index (χ0n) is 15.0. The Morgan fingerprint density at radius 3 is 2.18 bits per heavy atom. The lowest BCUT2D eigenvalue weighted by molar-refractivity contribution is -0.128. The summed E-state index contributed by atoms with van der Waals surface area (Å²) in [6, 6.07) is 22.4. The van der Waals surface area contributed by atoms with Gasteiger partial charge in [0.15, 0.2) is 5.78 Å². The van der Waals surface area contributed by atoms with Crippen molar-refractivity contribution < 1.29 is 19.4 Å². The van der Waals surface area contributed by atoms with Crippen LogP contribution in [0.2, 0.25) is 0 Å². The van der Waals surface area contributed by atoms with Gasteiger partial charge in [-0.05, 0) is 59.7 Å². The normalized spacial score (nSPS) is 11.0. The standard InChI is InChI=1S/C24H18O4/c25-21-13-11-20(12-14-21)23(26)15-9-19-7-4-8-22(17-19)28-24(27)16-10-18-5-2-1-3-6-18/h1-17,25H/b15-9+,16-10+. The molecule has 0 amide bonds. The predicted molar refractivity (Wildman–Crippen MR) is 109 cm³/mol. The SMILES string of the molecule is O=C(/C=C/c1ccccc1)Oc1cccc(/C=C/C(=O)c2ccc(O)cc2)c1. The summed E-state index contributed by atoms with van der Waals surface area (Å²) in [7, 11) is 0. The van der Waals surface area contributed by atoms with Gasteiger partial charge >= 0.3 is 5.97 Å². The molecule has 0 aliphatic carbocycles. The maximum absolute atomic E-state index is 12.1. The molecule has 0 unspecified atom stereocenters. The van der Waals surface area contributed by atoms with Crippen molar-refractivity contribution in [1.29, 1.82) is 0 Å². The second-order valence-electron chi connectivity index (χ2n) is 5.98. The first-order chi connectivity index (χ1) is 13.6. The van der Waals surface area contributed by atoms with Crippen LogP contribution in [-0.2, 0) is 4.79 Å². The smallest absolute Gasteiger partial charge is 0.336 e. The molecule has 3 aromatic carbocycles. The number of allylic oxidation sites excluding steroid dienone is 1. The topological polar surface area (TPSA) is 63.6 Å². The number of rotatable bonds is 6. The van der Waals surface area contributed by atoms with Crippen molar-refractivity contribution in [2.75, 3.05) is 0 Å². The molecule has 0 atom stereocenters. The summed E-state index contributed by atoms with van der Waals surface area (Å²) in [6.07, 6.45) is 6.13. The first-order valence-electron chi connectivity index (χ1n) is 8.66. The van der Waals surface area contributed by atoms with E-state index in [1.54, 1.807) is 48.6 Å². The first-order valence-corrected chi connectivity index (χ1v) is 8.66. The molecule has 0 aliphatic rings. The van der Waals surface area contributed by atoms with Crippen molar-refractivity contribution in [2.45, 2.75) is 0 Å². The highest BCUT2D eigenvalue weighted by Gasteiger charge is 2.03. The molecule has 1 N–H and O–H groups in total. The summed E-state index contributed by atoms with van der Waals surface area (Å²) in [5.74, 6) is -0.170. The van der Waals surface area contributed by atoms with Crippen LogP contribution in [0.1, 0.15) is 21.5 Å². The largest absolute Gasteiger partial charge is 0.508 e. The lowest BCUT2D eigenvalue weighted by Gasteiger charge is -2.02. The third-order valence-electron chi connectivity index (χ3n) is 3.87. The number of phenols is 1. The molecular weight excluding hydrogens is 352 g/mol. The van der Waals surface area contributed by atoms with Crippen LogP contribution >= 0.6 is 0 Å². The monoisotopic (exact) mass is 370 g/mol. The minimum absolute atomic E-state index is 0.108. The highest BCUT2D eigenvalue weighted by atomic mass is 16.5. The molecule has 28 heavy (non-hydrogen) atoms. The summed E-state index contributed by atoms with van der Waals surface area (Å²) < 4.78 is 5.31. The lowest BCUT2D eigenvalue weighted by atomic mass is 10.1. The van der Waals surface area contributed by atoms with Gasteiger partial charge in [-0.25, -0.2) is 4.79 Å². The van der Waals surface area contributed by atoms with Crippen molar-refractivity contribution in [1.82, 2.24) is 0 Å². The van der Waals surface area contributed by atoms with Crippen LogP contribution in [0, 0.1) is 0 Å². The van der Waals surface area contributed by atoms with Crippen molar-refractivity contribution >= 4 is 23.9 Å². The second kappa shape index (κ2) is 9.14. The maximum atomic E-state index is 12.1. The minimum Gasteiger partial charge on any atom is -0.508 e. The highest BCUT2D eigenvalue weighted by Crippen LogP contribution is 2.16. The molecule has 4 heteroatoms. The molecule has 0 heterocycles. The van der Waals surface area contributed by atoms with Gasteiger partial charge in [0.05, 0.1) is 0 Å². The van der Waals surface area contributed by atoms with Crippen LogP contribution in [-0.4, -0.2) is 16.9 Å². The number of carbonyl (C=O) groups excluding carboxylic acids is 2. The van der Waals surface area contributed by atoms with Crippen molar-refractivity contribution in [3.05, 3.63) is 108 Å². The van der Waals surface area contributed by atoms with Gasteiger partial charge in [-0.15, -0.1) is 0 Å². The average Bonchev–Trinajstić information content (AvgIpc) is 2.72. The molecule has 0 aromatic heterocycles. The fourth-order valence-corrected chi connectivity index (χ4v) is 2.45. The summed E-state index contributed by atoms with van der Waals surface area (Å²) in [5, 5.41) is 9.28. The van der Waals surface area contributed by atoms with E-state index in [-0.39, 0.29) is 11.5 Å². The number of hydrogen-bond acceptors (Lipinski definition) is 4. The van der Waals surface area contributed by atoms with E-state index >= 15 is 0 Å². The number of hydrogen-bond donors (Lipinski definition) is 1. The Morgan fingerprint density at radius 2 is 1.43 bits per heavy atom. The highest BCUT2D eigenvalue weighted by molar-refractivity contribution is 6.06.